The van der Waals surface area contributed by atoms with Gasteiger partial charge in [-0.3, -0.25) is 4.55 Å². The Morgan fingerprint density at radius 3 is 2.07 bits per heavy atom. The largest absolute Gasteiger partial charge is 2.00 e. The Morgan fingerprint density at radius 2 is 1.71 bits per heavy atom. The number of para-hydroxylation sites is 1. The molecule has 0 saturated carbocycles. The summed E-state index contributed by atoms with van der Waals surface area (Å²) in [5, 5.41) is 17.8. The molecule has 0 amide bonds. The van der Waals surface area contributed by atoms with Gasteiger partial charge in [0.2, 0.25) is 0 Å². The first-order valence-electron chi connectivity index (χ1n) is 2.91. The zero-order chi connectivity index (χ0) is 9.35. The maximum atomic E-state index is 10.5. The number of aromatic hydroxyl groups is 2. The van der Waals surface area contributed by atoms with Crippen molar-refractivity contribution in [2.24, 2.45) is 0 Å². The Morgan fingerprint density at radius 1 is 1.21 bits per heavy atom. The van der Waals surface area contributed by atoms with E-state index in [0.29, 0.717) is 0 Å². The van der Waals surface area contributed by atoms with Gasteiger partial charge in [0.25, 0.3) is 10.1 Å². The van der Waals surface area contributed by atoms with Crippen LogP contribution in [0.15, 0.2) is 23.1 Å². The minimum absolute atomic E-state index is 0. The molecule has 6 nitrogen and oxygen atoms in total. The molecule has 0 bridgehead atoms. The van der Waals surface area contributed by atoms with Crippen LogP contribution in [0.25, 0.3) is 0 Å². The molecule has 8 heteroatoms. The van der Waals surface area contributed by atoms with Crippen molar-refractivity contribution in [3.05, 3.63) is 18.2 Å². The maximum absolute atomic E-state index is 10.5. The molecule has 14 heavy (non-hydrogen) atoms. The Kier molecular flexibility index (Phi) is 6.72. The smallest absolute Gasteiger partial charge is 1.00 e. The number of benzene rings is 1. The summed E-state index contributed by atoms with van der Waals surface area (Å²) in [7, 11) is -4.47. The van der Waals surface area contributed by atoms with Gasteiger partial charge in [0.05, 0.1) is 0 Å². The van der Waals surface area contributed by atoms with Crippen LogP contribution in [-0.2, 0) is 10.1 Å². The average Bonchev–Trinajstić information content (AvgIpc) is 1.92. The monoisotopic (exact) mass is 250 g/mol. The molecule has 0 saturated heterocycles. The molecule has 0 aromatic heterocycles. The number of hydrogen-bond acceptors (Lipinski definition) is 4. The molecule has 0 spiro atoms. The zero-order valence-corrected chi connectivity index (χ0v) is 10.0. The molecule has 1 aromatic rings. The van der Waals surface area contributed by atoms with Gasteiger partial charge in [-0.1, -0.05) is 6.07 Å². The molecular weight excluding hydrogens is 240 g/mol. The number of rotatable bonds is 1. The summed E-state index contributed by atoms with van der Waals surface area (Å²) in [4.78, 5) is -0.706. The van der Waals surface area contributed by atoms with Crippen molar-refractivity contribution in [2.45, 2.75) is 4.90 Å². The molecule has 0 fully saturated rings. The third kappa shape index (κ3) is 3.60. The van der Waals surface area contributed by atoms with Crippen molar-refractivity contribution < 1.29 is 31.5 Å². The third-order valence-corrected chi connectivity index (χ3v) is 2.14. The molecule has 78 valence electrons. The van der Waals surface area contributed by atoms with Gasteiger partial charge in [0.1, 0.15) is 4.90 Å². The van der Waals surface area contributed by atoms with Crippen molar-refractivity contribution in [1.29, 1.82) is 0 Å². The van der Waals surface area contributed by atoms with Gasteiger partial charge < -0.3 is 18.5 Å². The van der Waals surface area contributed by atoms with Crippen molar-refractivity contribution in [1.82, 2.24) is 0 Å². The van der Waals surface area contributed by atoms with Crippen LogP contribution in [0, 0.1) is 0 Å². The van der Waals surface area contributed by atoms with Crippen LogP contribution in [0.2, 0.25) is 0 Å². The van der Waals surface area contributed by atoms with Gasteiger partial charge in [-0.05, 0) is 12.1 Å². The predicted octanol–water partition coefficient (Wildman–Crippen LogP) is -0.636. The molecule has 0 unspecified atom stereocenters. The van der Waals surface area contributed by atoms with E-state index in [9.17, 15) is 8.42 Å². The Bertz CT molecular complexity index is 409. The van der Waals surface area contributed by atoms with E-state index >= 15 is 0 Å². The van der Waals surface area contributed by atoms with Gasteiger partial charge in [-0.15, -0.1) is 0 Å². The van der Waals surface area contributed by atoms with E-state index < -0.39 is 26.5 Å². The van der Waals surface area contributed by atoms with E-state index in [2.05, 4.69) is 0 Å². The molecule has 0 aliphatic carbocycles. The van der Waals surface area contributed by atoms with Crippen LogP contribution in [-0.4, -0.2) is 66.4 Å². The van der Waals surface area contributed by atoms with Gasteiger partial charge in [0.15, 0.2) is 11.5 Å². The number of hydrogen-bond donors (Lipinski definition) is 3. The molecule has 1 rings (SSSR count). The van der Waals surface area contributed by atoms with Gasteiger partial charge in [-0.2, -0.15) is 8.42 Å². The van der Waals surface area contributed by atoms with Crippen molar-refractivity contribution >= 4 is 47.9 Å². The van der Waals surface area contributed by atoms with Crippen molar-refractivity contribution in [2.75, 3.05) is 0 Å². The molecule has 0 atom stereocenters. The second-order valence-corrected chi connectivity index (χ2v) is 3.49. The summed E-state index contributed by atoms with van der Waals surface area (Å²) >= 11 is 0. The summed E-state index contributed by atoms with van der Waals surface area (Å²) in [5.41, 5.74) is 0. The molecule has 5 N–H and O–H groups in total. The molecule has 0 aliphatic rings. The standard InChI is InChI=1S/C6H6O5S.Ca.H2O.2H/c7-4-2-1-3-5(6(4)8)12(9,10)11;;;;/h1-3,7-8H,(H,9,10,11);;1H2;;/q;+2;;2*-1. The van der Waals surface area contributed by atoms with Crippen molar-refractivity contribution in [3.8, 4) is 11.5 Å². The zero-order valence-electron chi connectivity index (χ0n) is 9.01. The van der Waals surface area contributed by atoms with Crippen LogP contribution in [0.5, 0.6) is 11.5 Å². The summed E-state index contributed by atoms with van der Waals surface area (Å²) < 4.78 is 29.5. The van der Waals surface area contributed by atoms with E-state index in [0.717, 1.165) is 12.1 Å². The minimum Gasteiger partial charge on any atom is -1.00 e. The first-order chi connectivity index (χ1) is 5.43. The van der Waals surface area contributed by atoms with Crippen LogP contribution in [0.3, 0.4) is 0 Å². The van der Waals surface area contributed by atoms with Gasteiger partial charge >= 0.3 is 37.7 Å². The minimum atomic E-state index is -4.47. The van der Waals surface area contributed by atoms with E-state index in [1.807, 2.05) is 0 Å². The van der Waals surface area contributed by atoms with Crippen molar-refractivity contribution in [3.63, 3.8) is 0 Å². The van der Waals surface area contributed by atoms with E-state index in [4.69, 9.17) is 14.8 Å². The third-order valence-electron chi connectivity index (χ3n) is 1.26. The van der Waals surface area contributed by atoms with Gasteiger partial charge in [-0.25, -0.2) is 0 Å². The van der Waals surface area contributed by atoms with E-state index in [1.165, 1.54) is 6.07 Å². The average molecular weight is 250 g/mol. The molecule has 0 heterocycles. The fraction of sp³-hybridized carbons (Fsp3) is 0. The Labute approximate surface area is 113 Å². The maximum Gasteiger partial charge on any atom is 2.00 e. The van der Waals surface area contributed by atoms with E-state index in [1.54, 1.807) is 0 Å². The molecule has 1 aromatic carbocycles. The molecule has 0 radical (unpaired) electrons. The first kappa shape index (κ1) is 16.4. The summed E-state index contributed by atoms with van der Waals surface area (Å²) in [6.07, 6.45) is 0. The quantitative estimate of drug-likeness (QED) is 0.347. The normalized spacial score (nSPS) is 9.79. The predicted molar refractivity (Wildman–Crippen MR) is 51.2 cm³/mol. The van der Waals surface area contributed by atoms with Crippen LogP contribution in [0.1, 0.15) is 2.85 Å². The second-order valence-electron chi connectivity index (χ2n) is 2.10. The van der Waals surface area contributed by atoms with E-state index in [-0.39, 0.29) is 46.1 Å². The summed E-state index contributed by atoms with van der Waals surface area (Å²) in [6.45, 7) is 0. The fourth-order valence-electron chi connectivity index (χ4n) is 0.719. The molecule has 0 aliphatic heterocycles. The summed E-state index contributed by atoms with van der Waals surface area (Å²) in [6, 6.07) is 3.27. The van der Waals surface area contributed by atoms with Gasteiger partial charge in [0, 0.05) is 0 Å². The van der Waals surface area contributed by atoms with Crippen LogP contribution < -0.4 is 0 Å². The molecular formula is C6H10CaO6S. The topological polar surface area (TPSA) is 126 Å². The first-order valence-corrected chi connectivity index (χ1v) is 4.35. The summed E-state index contributed by atoms with van der Waals surface area (Å²) in [5.74, 6) is -1.44. The SMILES string of the molecule is O.O=S(=O)(O)c1cccc(O)c1O.[Ca+2].[H-].[H-]. The fourth-order valence-corrected chi connectivity index (χ4v) is 1.32. The second kappa shape index (κ2) is 5.74. The van der Waals surface area contributed by atoms with Crippen LogP contribution >= 0.6 is 0 Å². The Hall–Kier alpha value is -0.0503. The Balaban J connectivity index is -0.000000180. The van der Waals surface area contributed by atoms with Crippen LogP contribution in [0.4, 0.5) is 0 Å². The number of phenolic OH excluding ortho intramolecular Hbond substituents is 2. The number of phenols is 2.